The van der Waals surface area contributed by atoms with Crippen LogP contribution in [0.25, 0.3) is 11.1 Å². The standard InChI is InChI=1S/C29H36O4/c1-5-7-14-22-16-24(31-3)18-26(28(22)30)27-19-25(32-4)17-23(15-8-6-2)29(27)33-20-21-12-10-9-11-13-21/h9-13,16-19,30H,5-8,14-15,20H2,1-4H3. The quantitative estimate of drug-likeness (QED) is 0.315. The lowest BCUT2D eigenvalue weighted by Crippen LogP contribution is -2.03. The third-order valence-corrected chi connectivity index (χ3v) is 5.89. The number of aryl methyl sites for hydroxylation is 2. The second kappa shape index (κ2) is 12.2. The molecule has 0 saturated heterocycles. The van der Waals surface area contributed by atoms with Crippen LogP contribution in [0.4, 0.5) is 0 Å². The molecular formula is C29H36O4. The molecule has 4 nitrogen and oxygen atoms in total. The monoisotopic (exact) mass is 448 g/mol. The summed E-state index contributed by atoms with van der Waals surface area (Å²) in [5.41, 5.74) is 4.60. The SMILES string of the molecule is CCCCc1cc(OC)cc(-c2cc(OC)cc(CCCC)c2OCc2ccccc2)c1O. The van der Waals surface area contributed by atoms with Crippen LogP contribution >= 0.6 is 0 Å². The van der Waals surface area contributed by atoms with Gasteiger partial charge in [0, 0.05) is 11.1 Å². The Labute approximate surface area is 198 Å². The molecule has 176 valence electrons. The van der Waals surface area contributed by atoms with E-state index < -0.39 is 0 Å². The average molecular weight is 449 g/mol. The number of methoxy groups -OCH3 is 2. The zero-order chi connectivity index (χ0) is 23.6. The molecule has 0 saturated carbocycles. The van der Waals surface area contributed by atoms with Crippen LogP contribution in [0.15, 0.2) is 54.6 Å². The van der Waals surface area contributed by atoms with Crippen LogP contribution in [-0.2, 0) is 19.4 Å². The smallest absolute Gasteiger partial charge is 0.131 e. The Hall–Kier alpha value is -3.14. The second-order valence-electron chi connectivity index (χ2n) is 8.33. The molecule has 33 heavy (non-hydrogen) atoms. The molecule has 0 aliphatic heterocycles. The number of hydrogen-bond donors (Lipinski definition) is 1. The van der Waals surface area contributed by atoms with E-state index in [2.05, 4.69) is 32.0 Å². The van der Waals surface area contributed by atoms with Crippen LogP contribution in [0.3, 0.4) is 0 Å². The fourth-order valence-electron chi connectivity index (χ4n) is 3.98. The van der Waals surface area contributed by atoms with Crippen molar-refractivity contribution in [3.8, 4) is 34.1 Å². The van der Waals surface area contributed by atoms with E-state index in [9.17, 15) is 5.11 Å². The summed E-state index contributed by atoms with van der Waals surface area (Å²) in [5.74, 6) is 2.54. The highest BCUT2D eigenvalue weighted by Gasteiger charge is 2.20. The molecule has 0 aliphatic carbocycles. The van der Waals surface area contributed by atoms with Gasteiger partial charge in [0.15, 0.2) is 0 Å². The molecule has 4 heteroatoms. The predicted octanol–water partition coefficient (Wildman–Crippen LogP) is 7.34. The van der Waals surface area contributed by atoms with Gasteiger partial charge in [0.2, 0.25) is 0 Å². The Balaban J connectivity index is 2.16. The summed E-state index contributed by atoms with van der Waals surface area (Å²) < 4.78 is 17.7. The van der Waals surface area contributed by atoms with Crippen molar-refractivity contribution >= 4 is 0 Å². The minimum absolute atomic E-state index is 0.281. The molecule has 0 fully saturated rings. The first-order chi connectivity index (χ1) is 16.1. The highest BCUT2D eigenvalue weighted by molar-refractivity contribution is 5.80. The van der Waals surface area contributed by atoms with Gasteiger partial charge in [0.1, 0.15) is 29.6 Å². The molecule has 0 heterocycles. The maximum atomic E-state index is 11.3. The normalized spacial score (nSPS) is 10.8. The number of aromatic hydroxyl groups is 1. The van der Waals surface area contributed by atoms with E-state index in [0.29, 0.717) is 12.2 Å². The zero-order valence-corrected chi connectivity index (χ0v) is 20.3. The van der Waals surface area contributed by atoms with Gasteiger partial charge in [-0.25, -0.2) is 0 Å². The molecule has 3 rings (SSSR count). The lowest BCUT2D eigenvalue weighted by Gasteiger charge is -2.20. The van der Waals surface area contributed by atoms with Crippen molar-refractivity contribution in [2.45, 2.75) is 59.0 Å². The van der Waals surface area contributed by atoms with Crippen LogP contribution in [0.2, 0.25) is 0 Å². The Morgan fingerprint density at radius 2 is 1.30 bits per heavy atom. The molecule has 0 spiro atoms. The molecule has 0 radical (unpaired) electrons. The molecule has 0 unspecified atom stereocenters. The topological polar surface area (TPSA) is 47.9 Å². The molecule has 0 atom stereocenters. The van der Waals surface area contributed by atoms with Crippen molar-refractivity contribution in [3.63, 3.8) is 0 Å². The van der Waals surface area contributed by atoms with E-state index in [-0.39, 0.29) is 5.75 Å². The summed E-state index contributed by atoms with van der Waals surface area (Å²) in [6, 6.07) is 18.0. The first-order valence-electron chi connectivity index (χ1n) is 11.9. The summed E-state index contributed by atoms with van der Waals surface area (Å²) in [6.45, 7) is 4.78. The summed E-state index contributed by atoms with van der Waals surface area (Å²) in [4.78, 5) is 0. The van der Waals surface area contributed by atoms with Gasteiger partial charge >= 0.3 is 0 Å². The predicted molar refractivity (Wildman–Crippen MR) is 135 cm³/mol. The maximum Gasteiger partial charge on any atom is 0.131 e. The van der Waals surface area contributed by atoms with Crippen molar-refractivity contribution in [3.05, 3.63) is 71.3 Å². The van der Waals surface area contributed by atoms with E-state index in [1.54, 1.807) is 14.2 Å². The van der Waals surface area contributed by atoms with Crippen molar-refractivity contribution in [2.75, 3.05) is 14.2 Å². The molecule has 3 aromatic rings. The number of ether oxygens (including phenoxy) is 3. The van der Waals surface area contributed by atoms with E-state index in [1.165, 1.54) is 0 Å². The van der Waals surface area contributed by atoms with Gasteiger partial charge in [0.05, 0.1) is 14.2 Å². The van der Waals surface area contributed by atoms with E-state index in [0.717, 1.165) is 78.0 Å². The number of benzene rings is 3. The molecular weight excluding hydrogens is 412 g/mol. The van der Waals surface area contributed by atoms with Crippen molar-refractivity contribution in [1.82, 2.24) is 0 Å². The minimum atomic E-state index is 0.281. The molecule has 3 aromatic carbocycles. The van der Waals surface area contributed by atoms with Crippen LogP contribution < -0.4 is 14.2 Å². The number of hydrogen-bond acceptors (Lipinski definition) is 4. The van der Waals surface area contributed by atoms with Crippen molar-refractivity contribution in [1.29, 1.82) is 0 Å². The number of unbranched alkanes of at least 4 members (excludes halogenated alkanes) is 2. The molecule has 0 aliphatic rings. The van der Waals surface area contributed by atoms with Crippen molar-refractivity contribution < 1.29 is 19.3 Å². The third kappa shape index (κ3) is 6.22. The Bertz CT molecular complexity index is 1030. The van der Waals surface area contributed by atoms with E-state index in [4.69, 9.17) is 14.2 Å². The largest absolute Gasteiger partial charge is 0.507 e. The molecule has 0 amide bonds. The van der Waals surface area contributed by atoms with Crippen LogP contribution in [0.5, 0.6) is 23.0 Å². The lowest BCUT2D eigenvalue weighted by atomic mass is 9.94. The minimum Gasteiger partial charge on any atom is -0.507 e. The summed E-state index contributed by atoms with van der Waals surface area (Å²) in [7, 11) is 3.33. The van der Waals surface area contributed by atoms with Gasteiger partial charge in [-0.3, -0.25) is 0 Å². The number of rotatable bonds is 12. The molecule has 0 bridgehead atoms. The van der Waals surface area contributed by atoms with Gasteiger partial charge in [0.25, 0.3) is 0 Å². The number of phenols is 1. The summed E-state index contributed by atoms with van der Waals surface area (Å²) in [5, 5.41) is 11.3. The fourth-order valence-corrected chi connectivity index (χ4v) is 3.98. The second-order valence-corrected chi connectivity index (χ2v) is 8.33. The molecule has 1 N–H and O–H groups in total. The van der Waals surface area contributed by atoms with Crippen LogP contribution in [-0.4, -0.2) is 19.3 Å². The summed E-state index contributed by atoms with van der Waals surface area (Å²) >= 11 is 0. The Morgan fingerprint density at radius 3 is 1.91 bits per heavy atom. The maximum absolute atomic E-state index is 11.3. The highest BCUT2D eigenvalue weighted by Crippen LogP contribution is 2.45. The zero-order valence-electron chi connectivity index (χ0n) is 20.3. The highest BCUT2D eigenvalue weighted by atomic mass is 16.5. The van der Waals surface area contributed by atoms with Gasteiger partial charge in [-0.15, -0.1) is 0 Å². The van der Waals surface area contributed by atoms with Gasteiger partial charge < -0.3 is 19.3 Å². The first-order valence-corrected chi connectivity index (χ1v) is 11.9. The first kappa shape index (κ1) is 24.5. The fraction of sp³-hybridized carbons (Fsp3) is 0.379. The van der Waals surface area contributed by atoms with Crippen LogP contribution in [0.1, 0.15) is 56.2 Å². The Kier molecular flexibility index (Phi) is 9.05. The van der Waals surface area contributed by atoms with Gasteiger partial charge in [-0.1, -0.05) is 57.0 Å². The Morgan fingerprint density at radius 1 is 0.727 bits per heavy atom. The summed E-state index contributed by atoms with van der Waals surface area (Å²) in [6.07, 6.45) is 5.84. The van der Waals surface area contributed by atoms with E-state index in [1.807, 2.05) is 36.4 Å². The van der Waals surface area contributed by atoms with E-state index >= 15 is 0 Å². The third-order valence-electron chi connectivity index (χ3n) is 5.89. The van der Waals surface area contributed by atoms with Crippen molar-refractivity contribution in [2.24, 2.45) is 0 Å². The average Bonchev–Trinajstić information content (AvgIpc) is 2.86. The molecule has 0 aromatic heterocycles. The van der Waals surface area contributed by atoms with Gasteiger partial charge in [-0.05, 0) is 66.6 Å². The number of phenolic OH excluding ortho intramolecular Hbond substituents is 1. The van der Waals surface area contributed by atoms with Gasteiger partial charge in [-0.2, -0.15) is 0 Å². The van der Waals surface area contributed by atoms with Crippen LogP contribution in [0, 0.1) is 0 Å². The lowest BCUT2D eigenvalue weighted by molar-refractivity contribution is 0.303.